The fourth-order valence-electron chi connectivity index (χ4n) is 2.95. The molecule has 0 fully saturated rings. The highest BCUT2D eigenvalue weighted by Crippen LogP contribution is 2.38. The molecule has 0 saturated carbocycles. The van der Waals surface area contributed by atoms with Gasteiger partial charge in [-0.05, 0) is 48.9 Å². The van der Waals surface area contributed by atoms with Crippen LogP contribution in [0.15, 0.2) is 29.4 Å². The number of phenols is 1. The molecule has 3 N–H and O–H groups in total. The molecule has 1 aliphatic carbocycles. The summed E-state index contributed by atoms with van der Waals surface area (Å²) >= 11 is 1.29. The lowest BCUT2D eigenvalue weighted by atomic mass is 9.95. The molecule has 8 nitrogen and oxygen atoms in total. The minimum Gasteiger partial charge on any atom is -0.508 e. The first-order valence-electron chi connectivity index (χ1n) is 8.66. The second-order valence-corrected chi connectivity index (χ2v) is 7.26. The Morgan fingerprint density at radius 3 is 2.75 bits per heavy atom. The topological polar surface area (TPSA) is 117 Å². The number of esters is 1. The summed E-state index contributed by atoms with van der Waals surface area (Å²) in [4.78, 5) is 37.4. The molecule has 146 valence electrons. The molecule has 9 heteroatoms. The van der Waals surface area contributed by atoms with Gasteiger partial charge in [0.15, 0.2) is 0 Å². The Hall–Kier alpha value is -3.20. The number of carbonyl (C=O) groups excluding carboxylic acids is 3. The van der Waals surface area contributed by atoms with E-state index in [9.17, 15) is 19.5 Å². The molecular formula is C19H19N3O5S. The van der Waals surface area contributed by atoms with Gasteiger partial charge in [-0.3, -0.25) is 9.59 Å². The summed E-state index contributed by atoms with van der Waals surface area (Å²) in [6.45, 7) is 0. The number of aryl methyl sites for hydroxylation is 1. The Balaban J connectivity index is 1.69. The van der Waals surface area contributed by atoms with Crippen LogP contribution in [0.3, 0.4) is 0 Å². The van der Waals surface area contributed by atoms with Crippen molar-refractivity contribution >= 4 is 40.3 Å². The van der Waals surface area contributed by atoms with E-state index >= 15 is 0 Å². The molecule has 2 amide bonds. The van der Waals surface area contributed by atoms with Crippen molar-refractivity contribution in [1.82, 2.24) is 5.43 Å². The van der Waals surface area contributed by atoms with E-state index in [2.05, 4.69) is 15.8 Å². The highest BCUT2D eigenvalue weighted by molar-refractivity contribution is 7.17. The molecule has 0 aliphatic heterocycles. The van der Waals surface area contributed by atoms with E-state index in [0.29, 0.717) is 16.1 Å². The summed E-state index contributed by atoms with van der Waals surface area (Å²) < 4.78 is 4.84. The first kappa shape index (κ1) is 19.6. The quantitative estimate of drug-likeness (QED) is 0.314. The van der Waals surface area contributed by atoms with Crippen LogP contribution in [0.4, 0.5) is 5.00 Å². The Bertz CT molecular complexity index is 951. The number of phenolic OH excluding ortho intramolecular Hbond substituents is 1. The summed E-state index contributed by atoms with van der Waals surface area (Å²) in [7, 11) is 1.28. The predicted molar refractivity (Wildman–Crippen MR) is 105 cm³/mol. The van der Waals surface area contributed by atoms with E-state index in [1.54, 1.807) is 12.1 Å². The molecule has 0 saturated heterocycles. The number of methoxy groups -OCH3 is 1. The number of benzene rings is 1. The number of nitrogens with zero attached hydrogens (tertiary/aromatic N) is 1. The van der Waals surface area contributed by atoms with Crippen molar-refractivity contribution in [2.75, 3.05) is 12.4 Å². The van der Waals surface area contributed by atoms with Crippen LogP contribution in [0.1, 0.15) is 39.2 Å². The Labute approximate surface area is 165 Å². The van der Waals surface area contributed by atoms with Gasteiger partial charge in [0.2, 0.25) is 0 Å². The molecule has 1 aromatic heterocycles. The summed E-state index contributed by atoms with van der Waals surface area (Å²) in [6.07, 6.45) is 4.86. The molecule has 2 aromatic rings. The van der Waals surface area contributed by atoms with Crippen LogP contribution in [0.5, 0.6) is 5.75 Å². The summed E-state index contributed by atoms with van der Waals surface area (Å²) in [5.41, 5.74) is 3.89. The van der Waals surface area contributed by atoms with Crippen molar-refractivity contribution in [1.29, 1.82) is 0 Å². The van der Waals surface area contributed by atoms with Crippen LogP contribution < -0.4 is 10.7 Å². The summed E-state index contributed by atoms with van der Waals surface area (Å²) in [5.74, 6) is -2.38. The summed E-state index contributed by atoms with van der Waals surface area (Å²) in [5, 5.41) is 15.9. The van der Waals surface area contributed by atoms with Crippen LogP contribution in [-0.4, -0.2) is 36.2 Å². The van der Waals surface area contributed by atoms with Crippen molar-refractivity contribution in [3.63, 3.8) is 0 Å². The van der Waals surface area contributed by atoms with E-state index in [1.807, 2.05) is 0 Å². The van der Waals surface area contributed by atoms with Gasteiger partial charge in [0, 0.05) is 4.88 Å². The van der Waals surface area contributed by atoms with Gasteiger partial charge in [0.25, 0.3) is 0 Å². The number of hydrogen-bond acceptors (Lipinski definition) is 7. The maximum Gasteiger partial charge on any atom is 0.341 e. The van der Waals surface area contributed by atoms with E-state index in [-0.39, 0.29) is 5.75 Å². The number of rotatable bonds is 4. The Morgan fingerprint density at radius 1 is 1.21 bits per heavy atom. The van der Waals surface area contributed by atoms with Crippen molar-refractivity contribution in [2.45, 2.75) is 25.7 Å². The van der Waals surface area contributed by atoms with Gasteiger partial charge in [-0.2, -0.15) is 5.10 Å². The maximum absolute atomic E-state index is 12.2. The number of anilines is 1. The average Bonchev–Trinajstić information content (AvgIpc) is 3.05. The number of aromatic hydroxyl groups is 1. The highest BCUT2D eigenvalue weighted by atomic mass is 32.1. The van der Waals surface area contributed by atoms with Gasteiger partial charge in [-0.15, -0.1) is 11.3 Å². The van der Waals surface area contributed by atoms with Crippen molar-refractivity contribution in [3.05, 3.63) is 45.8 Å². The van der Waals surface area contributed by atoms with Gasteiger partial charge in [0.05, 0.1) is 18.9 Å². The molecule has 28 heavy (non-hydrogen) atoms. The van der Waals surface area contributed by atoms with Gasteiger partial charge in [-0.25, -0.2) is 10.2 Å². The smallest absolute Gasteiger partial charge is 0.341 e. The lowest BCUT2D eigenvalue weighted by molar-refractivity contribution is -0.136. The largest absolute Gasteiger partial charge is 0.508 e. The fourth-order valence-corrected chi connectivity index (χ4v) is 4.23. The lowest BCUT2D eigenvalue weighted by Crippen LogP contribution is -2.32. The first-order chi connectivity index (χ1) is 13.5. The molecule has 3 rings (SSSR count). The minimum absolute atomic E-state index is 0.0602. The number of nitrogens with one attached hydrogen (secondary N) is 2. The predicted octanol–water partition coefficient (Wildman–Crippen LogP) is 2.21. The lowest BCUT2D eigenvalue weighted by Gasteiger charge is -2.11. The Kier molecular flexibility index (Phi) is 6.05. The standard InChI is InChI=1S/C19H19N3O5S/c1-27-19(26)15-13-7-2-3-8-14(13)28-18(15)21-16(24)17(25)22-20-10-11-5-4-6-12(23)9-11/h4-6,9-10,23H,2-3,7-8H2,1H3,(H,21,24)(H,22,25). The average molecular weight is 401 g/mol. The number of hydrazone groups is 1. The monoisotopic (exact) mass is 401 g/mol. The zero-order valence-electron chi connectivity index (χ0n) is 15.2. The van der Waals surface area contributed by atoms with Gasteiger partial charge in [-0.1, -0.05) is 12.1 Å². The van der Waals surface area contributed by atoms with Crippen molar-refractivity contribution in [2.24, 2.45) is 5.10 Å². The molecule has 1 heterocycles. The maximum atomic E-state index is 12.2. The third-order valence-corrected chi connectivity index (χ3v) is 5.45. The molecule has 0 radical (unpaired) electrons. The zero-order valence-corrected chi connectivity index (χ0v) is 16.0. The molecule has 1 aliphatic rings. The van der Waals surface area contributed by atoms with Gasteiger partial charge < -0.3 is 15.2 Å². The van der Waals surface area contributed by atoms with Gasteiger partial charge in [0.1, 0.15) is 10.8 Å². The zero-order chi connectivity index (χ0) is 20.1. The first-order valence-corrected chi connectivity index (χ1v) is 9.47. The van der Waals surface area contributed by atoms with E-state index in [0.717, 1.165) is 36.1 Å². The number of ether oxygens (including phenoxy) is 1. The van der Waals surface area contributed by atoms with Crippen LogP contribution in [0.2, 0.25) is 0 Å². The molecular weight excluding hydrogens is 382 g/mol. The van der Waals surface area contributed by atoms with Crippen LogP contribution in [0.25, 0.3) is 0 Å². The van der Waals surface area contributed by atoms with Crippen LogP contribution in [-0.2, 0) is 27.2 Å². The van der Waals surface area contributed by atoms with Gasteiger partial charge >= 0.3 is 17.8 Å². The molecule has 1 aromatic carbocycles. The van der Waals surface area contributed by atoms with Crippen LogP contribution >= 0.6 is 11.3 Å². The summed E-state index contributed by atoms with van der Waals surface area (Å²) in [6, 6.07) is 6.25. The van der Waals surface area contributed by atoms with E-state index < -0.39 is 17.8 Å². The second kappa shape index (κ2) is 8.66. The number of thiophene rings is 1. The third-order valence-electron chi connectivity index (χ3n) is 4.24. The van der Waals surface area contributed by atoms with Crippen molar-refractivity contribution < 1.29 is 24.2 Å². The Morgan fingerprint density at radius 2 is 2.00 bits per heavy atom. The molecule has 0 atom stereocenters. The highest BCUT2D eigenvalue weighted by Gasteiger charge is 2.28. The van der Waals surface area contributed by atoms with E-state index in [4.69, 9.17) is 4.74 Å². The second-order valence-electron chi connectivity index (χ2n) is 6.15. The van der Waals surface area contributed by atoms with Crippen molar-refractivity contribution in [3.8, 4) is 5.75 Å². The normalized spacial score (nSPS) is 13.0. The number of hydrogen-bond donors (Lipinski definition) is 3. The SMILES string of the molecule is COC(=O)c1c(NC(=O)C(=O)NN=Cc2cccc(O)c2)sc2c1CCCC2. The number of amides is 2. The minimum atomic E-state index is -0.974. The third kappa shape index (κ3) is 4.37. The molecule has 0 bridgehead atoms. The number of carbonyl (C=O) groups is 3. The van der Waals surface area contributed by atoms with E-state index in [1.165, 1.54) is 36.8 Å². The number of fused-ring (bicyclic) bond motifs is 1. The van der Waals surface area contributed by atoms with Crippen LogP contribution in [0, 0.1) is 0 Å². The fraction of sp³-hybridized carbons (Fsp3) is 0.263. The molecule has 0 spiro atoms. The molecule has 0 unspecified atom stereocenters.